The largest absolute Gasteiger partial charge is 0.497 e. The molecule has 2 heterocycles. The van der Waals surface area contributed by atoms with Crippen LogP contribution in [0, 0.1) is 11.8 Å². The van der Waals surface area contributed by atoms with Crippen molar-refractivity contribution in [1.82, 2.24) is 15.5 Å². The summed E-state index contributed by atoms with van der Waals surface area (Å²) in [6.45, 7) is 4.26. The molecule has 3 atom stereocenters. The average molecular weight is 446 g/mol. The van der Waals surface area contributed by atoms with E-state index in [1.54, 1.807) is 18.9 Å². The van der Waals surface area contributed by atoms with Gasteiger partial charge in [0.2, 0.25) is 5.91 Å². The van der Waals surface area contributed by atoms with E-state index in [4.69, 9.17) is 4.74 Å². The molecule has 1 saturated carbocycles. The molecule has 0 radical (unpaired) electrons. The van der Waals surface area contributed by atoms with Gasteiger partial charge in [-0.15, -0.1) is 11.8 Å². The van der Waals surface area contributed by atoms with E-state index in [0.717, 1.165) is 30.7 Å². The fourth-order valence-electron chi connectivity index (χ4n) is 5.22. The summed E-state index contributed by atoms with van der Waals surface area (Å²) in [7, 11) is 1.66. The van der Waals surface area contributed by atoms with Crippen molar-refractivity contribution in [2.24, 2.45) is 11.8 Å². The van der Waals surface area contributed by atoms with Crippen LogP contribution in [-0.4, -0.2) is 47.2 Å². The van der Waals surface area contributed by atoms with Crippen molar-refractivity contribution in [3.63, 3.8) is 0 Å². The summed E-state index contributed by atoms with van der Waals surface area (Å²) in [6.07, 6.45) is 8.16. The highest BCUT2D eigenvalue weighted by Crippen LogP contribution is 2.45. The molecule has 1 aliphatic carbocycles. The van der Waals surface area contributed by atoms with Gasteiger partial charge in [-0.1, -0.05) is 51.2 Å². The number of likely N-dealkylation sites (tertiary alicyclic amines) is 1. The Morgan fingerprint density at radius 1 is 1.13 bits per heavy atom. The van der Waals surface area contributed by atoms with Crippen molar-refractivity contribution >= 4 is 23.7 Å². The van der Waals surface area contributed by atoms with Crippen LogP contribution in [0.1, 0.15) is 57.4 Å². The molecule has 0 spiro atoms. The predicted octanol–water partition coefficient (Wildman–Crippen LogP) is 4.14. The molecule has 7 heteroatoms. The molecule has 1 aromatic rings. The summed E-state index contributed by atoms with van der Waals surface area (Å²) in [5.74, 6) is 1.93. The molecule has 170 valence electrons. The van der Waals surface area contributed by atoms with Gasteiger partial charge in [0.15, 0.2) is 0 Å². The average Bonchev–Trinajstić information content (AvgIpc) is 3.11. The normalized spacial score (nSPS) is 29.5. The molecule has 0 aromatic heterocycles. The van der Waals surface area contributed by atoms with Gasteiger partial charge in [0, 0.05) is 25.6 Å². The standard InChI is InChI=1S/C24H35N3O3S/c1-17-15-25-23(29)26-24(17,14-18-6-4-3-5-7-18)31-21-12-13-27(22(21)28)16-19-8-10-20(30-2)11-9-19/h8-11,17-18,21H,3-7,12-16H2,1-2H3,(H2,25,26,29)/t17?,21-,24?/m1/s1. The highest BCUT2D eigenvalue weighted by Gasteiger charge is 2.47. The second kappa shape index (κ2) is 9.72. The smallest absolute Gasteiger partial charge is 0.315 e. The first-order chi connectivity index (χ1) is 15.0. The maximum atomic E-state index is 13.3. The van der Waals surface area contributed by atoms with Crippen LogP contribution in [0.25, 0.3) is 0 Å². The monoisotopic (exact) mass is 445 g/mol. The Morgan fingerprint density at radius 3 is 2.58 bits per heavy atom. The summed E-state index contributed by atoms with van der Waals surface area (Å²) >= 11 is 1.73. The van der Waals surface area contributed by atoms with Gasteiger partial charge in [0.25, 0.3) is 0 Å². The van der Waals surface area contributed by atoms with Gasteiger partial charge in [-0.3, -0.25) is 4.79 Å². The molecule has 31 heavy (non-hydrogen) atoms. The van der Waals surface area contributed by atoms with E-state index < -0.39 is 0 Å². The van der Waals surface area contributed by atoms with Crippen LogP contribution < -0.4 is 15.4 Å². The second-order valence-electron chi connectivity index (χ2n) is 9.34. The number of methoxy groups -OCH3 is 1. The topological polar surface area (TPSA) is 70.7 Å². The van der Waals surface area contributed by atoms with E-state index in [2.05, 4.69) is 17.6 Å². The highest BCUT2D eigenvalue weighted by molar-refractivity contribution is 8.02. The maximum Gasteiger partial charge on any atom is 0.315 e. The van der Waals surface area contributed by atoms with Gasteiger partial charge >= 0.3 is 6.03 Å². The number of amides is 3. The Balaban J connectivity index is 1.44. The number of ether oxygens (including phenoxy) is 1. The molecule has 3 fully saturated rings. The number of thioether (sulfide) groups is 1. The fourth-order valence-corrected chi connectivity index (χ4v) is 7.00. The Labute approximate surface area is 189 Å². The Hall–Kier alpha value is -1.89. The summed E-state index contributed by atoms with van der Waals surface area (Å²) in [4.78, 5) is 27.2. The van der Waals surface area contributed by atoms with Crippen molar-refractivity contribution in [1.29, 1.82) is 0 Å². The van der Waals surface area contributed by atoms with Crippen molar-refractivity contribution in [2.45, 2.75) is 68.5 Å². The molecule has 2 unspecified atom stereocenters. The van der Waals surface area contributed by atoms with E-state index in [1.807, 2.05) is 29.2 Å². The lowest BCUT2D eigenvalue weighted by atomic mass is 9.81. The second-order valence-corrected chi connectivity index (χ2v) is 10.9. The van der Waals surface area contributed by atoms with Crippen LogP contribution in [0.15, 0.2) is 24.3 Å². The van der Waals surface area contributed by atoms with E-state index in [-0.39, 0.29) is 28.0 Å². The minimum Gasteiger partial charge on any atom is -0.497 e. The summed E-state index contributed by atoms with van der Waals surface area (Å²) in [5.41, 5.74) is 1.11. The van der Waals surface area contributed by atoms with Crippen LogP contribution in [0.3, 0.4) is 0 Å². The number of carbonyl (C=O) groups excluding carboxylic acids is 2. The summed E-state index contributed by atoms with van der Waals surface area (Å²) < 4.78 is 5.23. The van der Waals surface area contributed by atoms with Crippen LogP contribution in [0.5, 0.6) is 5.75 Å². The Kier molecular flexibility index (Phi) is 6.99. The van der Waals surface area contributed by atoms with Crippen LogP contribution in [0.2, 0.25) is 0 Å². The molecular formula is C24H35N3O3S. The number of urea groups is 1. The molecule has 3 amide bonds. The first-order valence-electron chi connectivity index (χ1n) is 11.6. The van der Waals surface area contributed by atoms with E-state index in [0.29, 0.717) is 19.0 Å². The zero-order valence-electron chi connectivity index (χ0n) is 18.7. The lowest BCUT2D eigenvalue weighted by molar-refractivity contribution is -0.127. The lowest BCUT2D eigenvalue weighted by Crippen LogP contribution is -2.62. The van der Waals surface area contributed by atoms with Gasteiger partial charge < -0.3 is 20.3 Å². The minimum absolute atomic E-state index is 0.0947. The molecular weight excluding hydrogens is 410 g/mol. The molecule has 4 rings (SSSR count). The van der Waals surface area contributed by atoms with E-state index in [9.17, 15) is 9.59 Å². The third-order valence-electron chi connectivity index (χ3n) is 7.14. The van der Waals surface area contributed by atoms with E-state index >= 15 is 0 Å². The summed E-state index contributed by atoms with van der Waals surface area (Å²) in [5, 5.41) is 6.13. The predicted molar refractivity (Wildman–Crippen MR) is 124 cm³/mol. The third kappa shape index (κ3) is 5.13. The first kappa shape index (κ1) is 22.3. The van der Waals surface area contributed by atoms with Gasteiger partial charge in [0.05, 0.1) is 17.2 Å². The number of rotatable bonds is 7. The zero-order chi connectivity index (χ0) is 21.8. The van der Waals surface area contributed by atoms with Crippen molar-refractivity contribution in [2.75, 3.05) is 20.2 Å². The summed E-state index contributed by atoms with van der Waals surface area (Å²) in [6, 6.07) is 7.82. The first-order valence-corrected chi connectivity index (χ1v) is 12.5. The van der Waals surface area contributed by atoms with E-state index in [1.165, 1.54) is 32.1 Å². The molecule has 2 N–H and O–H groups in total. The number of nitrogens with zero attached hydrogens (tertiary/aromatic N) is 1. The third-order valence-corrected chi connectivity index (χ3v) is 8.95. The number of carbonyl (C=O) groups is 2. The van der Waals surface area contributed by atoms with Gasteiger partial charge in [-0.05, 0) is 36.5 Å². The molecule has 0 bridgehead atoms. The molecule has 2 saturated heterocycles. The minimum atomic E-state index is -0.360. The SMILES string of the molecule is COc1ccc(CN2CC[C@@H](SC3(CC4CCCCC4)NC(=O)NCC3C)C2=O)cc1. The molecule has 1 aromatic carbocycles. The number of hydrogen-bond acceptors (Lipinski definition) is 4. The van der Waals surface area contributed by atoms with Gasteiger partial charge in [0.1, 0.15) is 5.75 Å². The number of benzene rings is 1. The molecule has 6 nitrogen and oxygen atoms in total. The van der Waals surface area contributed by atoms with Crippen LogP contribution in [0.4, 0.5) is 4.79 Å². The van der Waals surface area contributed by atoms with Gasteiger partial charge in [-0.2, -0.15) is 0 Å². The lowest BCUT2D eigenvalue weighted by Gasteiger charge is -2.46. The Morgan fingerprint density at radius 2 is 1.87 bits per heavy atom. The van der Waals surface area contributed by atoms with Crippen LogP contribution >= 0.6 is 11.8 Å². The highest BCUT2D eigenvalue weighted by atomic mass is 32.2. The van der Waals surface area contributed by atoms with Crippen molar-refractivity contribution < 1.29 is 14.3 Å². The zero-order valence-corrected chi connectivity index (χ0v) is 19.5. The quantitative estimate of drug-likeness (QED) is 0.662. The van der Waals surface area contributed by atoms with Gasteiger partial charge in [-0.25, -0.2) is 4.79 Å². The van der Waals surface area contributed by atoms with Crippen molar-refractivity contribution in [3.8, 4) is 5.75 Å². The number of hydrogen-bond donors (Lipinski definition) is 2. The number of nitrogens with one attached hydrogen (secondary N) is 2. The molecule has 2 aliphatic heterocycles. The fraction of sp³-hybridized carbons (Fsp3) is 0.667. The van der Waals surface area contributed by atoms with Crippen molar-refractivity contribution in [3.05, 3.63) is 29.8 Å². The Bertz CT molecular complexity index is 781. The van der Waals surface area contributed by atoms with Crippen LogP contribution in [-0.2, 0) is 11.3 Å². The maximum absolute atomic E-state index is 13.3. The molecule has 3 aliphatic rings.